The first-order valence-electron chi connectivity index (χ1n) is 11.8. The molecule has 1 aromatic carbocycles. The van der Waals surface area contributed by atoms with Crippen molar-refractivity contribution >= 4 is 11.9 Å². The van der Waals surface area contributed by atoms with Crippen LogP contribution in [-0.2, 0) is 11.2 Å². The fourth-order valence-corrected chi connectivity index (χ4v) is 4.10. The third kappa shape index (κ3) is 6.86. The van der Waals surface area contributed by atoms with Crippen LogP contribution in [0.5, 0.6) is 5.75 Å². The molecule has 0 spiro atoms. The van der Waals surface area contributed by atoms with Crippen LogP contribution in [0.4, 0.5) is 0 Å². The molecule has 7 heteroatoms. The van der Waals surface area contributed by atoms with Gasteiger partial charge in [-0.15, -0.1) is 0 Å². The number of guanidine groups is 1. The number of hydrogen-bond acceptors (Lipinski definition) is 4. The van der Waals surface area contributed by atoms with Gasteiger partial charge in [-0.25, -0.2) is 0 Å². The van der Waals surface area contributed by atoms with Gasteiger partial charge in [-0.3, -0.25) is 14.7 Å². The normalized spacial score (nSPS) is 17.9. The molecule has 0 atom stereocenters. The van der Waals surface area contributed by atoms with E-state index < -0.39 is 0 Å². The molecule has 0 aromatic heterocycles. The Labute approximate surface area is 187 Å². The first kappa shape index (κ1) is 23.4. The van der Waals surface area contributed by atoms with Gasteiger partial charge >= 0.3 is 0 Å². The average Bonchev–Trinajstić information content (AvgIpc) is 2.74. The molecule has 31 heavy (non-hydrogen) atoms. The Morgan fingerprint density at radius 1 is 1.19 bits per heavy atom. The van der Waals surface area contributed by atoms with E-state index in [-0.39, 0.29) is 0 Å². The average molecular weight is 430 g/mol. The fourth-order valence-electron chi connectivity index (χ4n) is 4.10. The Hall–Kier alpha value is -2.28. The molecule has 1 aliphatic heterocycles. The van der Waals surface area contributed by atoms with E-state index in [9.17, 15) is 4.79 Å². The molecule has 0 radical (unpaired) electrons. The molecule has 3 rings (SSSR count). The van der Waals surface area contributed by atoms with Gasteiger partial charge in [0.2, 0.25) is 5.91 Å². The number of aryl methyl sites for hydroxylation is 1. The molecule has 0 unspecified atom stereocenters. The van der Waals surface area contributed by atoms with Crippen molar-refractivity contribution in [2.45, 2.75) is 39.5 Å². The maximum absolute atomic E-state index is 12.4. The van der Waals surface area contributed by atoms with E-state index in [0.717, 1.165) is 88.9 Å². The van der Waals surface area contributed by atoms with E-state index in [4.69, 9.17) is 9.73 Å². The zero-order valence-corrected chi connectivity index (χ0v) is 19.5. The van der Waals surface area contributed by atoms with Crippen molar-refractivity contribution in [2.24, 2.45) is 10.9 Å². The second-order valence-corrected chi connectivity index (χ2v) is 8.54. The lowest BCUT2D eigenvalue weighted by Crippen LogP contribution is -2.51. The maximum atomic E-state index is 12.4. The fraction of sp³-hybridized carbons (Fsp3) is 0.667. The topological polar surface area (TPSA) is 69.2 Å². The van der Waals surface area contributed by atoms with Gasteiger partial charge in [0.05, 0.1) is 13.7 Å². The molecular weight excluding hydrogens is 390 g/mol. The van der Waals surface area contributed by atoms with Crippen LogP contribution in [0.25, 0.3) is 0 Å². The molecule has 7 nitrogen and oxygen atoms in total. The Morgan fingerprint density at radius 3 is 2.61 bits per heavy atom. The van der Waals surface area contributed by atoms with E-state index in [2.05, 4.69) is 52.5 Å². The second-order valence-electron chi connectivity index (χ2n) is 8.54. The minimum Gasteiger partial charge on any atom is -0.496 e. The highest BCUT2D eigenvalue weighted by Crippen LogP contribution is 2.28. The van der Waals surface area contributed by atoms with Gasteiger partial charge < -0.3 is 20.3 Å². The molecular formula is C24H39N5O2. The minimum absolute atomic E-state index is 0.311. The highest BCUT2D eigenvalue weighted by molar-refractivity contribution is 5.80. The van der Waals surface area contributed by atoms with E-state index in [0.29, 0.717) is 11.8 Å². The van der Waals surface area contributed by atoms with Crippen molar-refractivity contribution < 1.29 is 9.53 Å². The van der Waals surface area contributed by atoms with Gasteiger partial charge in [0.1, 0.15) is 5.75 Å². The summed E-state index contributed by atoms with van der Waals surface area (Å²) in [5, 5.41) is 6.76. The Balaban J connectivity index is 1.38. The summed E-state index contributed by atoms with van der Waals surface area (Å²) in [6, 6.07) is 6.36. The largest absolute Gasteiger partial charge is 0.496 e. The van der Waals surface area contributed by atoms with Crippen LogP contribution in [0, 0.1) is 12.8 Å². The summed E-state index contributed by atoms with van der Waals surface area (Å²) < 4.78 is 5.42. The molecule has 1 aromatic rings. The number of rotatable bonds is 9. The molecule has 2 N–H and O–H groups in total. The molecule has 1 saturated heterocycles. The van der Waals surface area contributed by atoms with Crippen molar-refractivity contribution in [1.82, 2.24) is 20.4 Å². The van der Waals surface area contributed by atoms with Crippen molar-refractivity contribution in [3.05, 3.63) is 29.3 Å². The number of aliphatic imine (C=N–C) groups is 1. The molecule has 1 heterocycles. The van der Waals surface area contributed by atoms with E-state index in [1.807, 2.05) is 0 Å². The quantitative estimate of drug-likeness (QED) is 0.464. The molecule has 1 saturated carbocycles. The van der Waals surface area contributed by atoms with Crippen LogP contribution >= 0.6 is 0 Å². The lowest BCUT2D eigenvalue weighted by Gasteiger charge is -2.38. The van der Waals surface area contributed by atoms with Gasteiger partial charge in [-0.2, -0.15) is 0 Å². The van der Waals surface area contributed by atoms with Gasteiger partial charge in [-0.05, 0) is 50.3 Å². The van der Waals surface area contributed by atoms with Crippen molar-refractivity contribution in [2.75, 3.05) is 59.5 Å². The van der Waals surface area contributed by atoms with Crippen LogP contribution in [0.15, 0.2) is 23.2 Å². The number of piperazine rings is 1. The summed E-state index contributed by atoms with van der Waals surface area (Å²) in [4.78, 5) is 21.6. The molecule has 1 amide bonds. The number of nitrogens with one attached hydrogen (secondary N) is 2. The van der Waals surface area contributed by atoms with Crippen molar-refractivity contribution in [3.8, 4) is 5.75 Å². The summed E-state index contributed by atoms with van der Waals surface area (Å²) in [7, 11) is 1.71. The van der Waals surface area contributed by atoms with E-state index in [1.54, 1.807) is 7.11 Å². The van der Waals surface area contributed by atoms with Crippen LogP contribution in [0.3, 0.4) is 0 Å². The van der Waals surface area contributed by atoms with Gasteiger partial charge in [0.25, 0.3) is 0 Å². The lowest BCUT2D eigenvalue weighted by molar-refractivity contribution is -0.139. The van der Waals surface area contributed by atoms with Crippen molar-refractivity contribution in [3.63, 3.8) is 0 Å². The molecule has 172 valence electrons. The van der Waals surface area contributed by atoms with Crippen LogP contribution < -0.4 is 15.4 Å². The summed E-state index contributed by atoms with van der Waals surface area (Å²) in [5.74, 6) is 2.49. The predicted octanol–water partition coefficient (Wildman–Crippen LogP) is 2.05. The first-order chi connectivity index (χ1) is 15.1. The van der Waals surface area contributed by atoms with Gasteiger partial charge in [0, 0.05) is 51.7 Å². The zero-order chi connectivity index (χ0) is 22.1. The van der Waals surface area contributed by atoms with Crippen LogP contribution in [0.2, 0.25) is 0 Å². The number of amides is 1. The Morgan fingerprint density at radius 2 is 1.97 bits per heavy atom. The molecule has 1 aliphatic carbocycles. The number of nitrogens with zero attached hydrogens (tertiary/aromatic N) is 3. The molecule has 2 fully saturated rings. The maximum Gasteiger partial charge on any atom is 0.225 e. The Bertz CT molecular complexity index is 739. The van der Waals surface area contributed by atoms with E-state index in [1.165, 1.54) is 12.0 Å². The Kier molecular flexibility index (Phi) is 9.00. The van der Waals surface area contributed by atoms with Gasteiger partial charge in [0.15, 0.2) is 5.96 Å². The summed E-state index contributed by atoms with van der Waals surface area (Å²) >= 11 is 0. The number of benzene rings is 1. The third-order valence-corrected chi connectivity index (χ3v) is 6.35. The monoisotopic (exact) mass is 429 g/mol. The number of ether oxygens (including phenoxy) is 1. The minimum atomic E-state index is 0.311. The van der Waals surface area contributed by atoms with Crippen LogP contribution in [0.1, 0.15) is 37.3 Å². The first-order valence-corrected chi connectivity index (χ1v) is 11.8. The number of carbonyl (C=O) groups excluding carboxylic acids is 1. The summed E-state index contributed by atoms with van der Waals surface area (Å²) in [5.41, 5.74) is 2.41. The zero-order valence-electron chi connectivity index (χ0n) is 19.5. The van der Waals surface area contributed by atoms with Crippen LogP contribution in [-0.4, -0.2) is 81.1 Å². The van der Waals surface area contributed by atoms with E-state index >= 15 is 0 Å². The standard InChI is InChI=1S/C24H39N5O2/c1-4-25-24(26-11-10-20-9-8-19(2)22(18-20)31-3)27-12-13-28-14-16-29(17-15-28)23(30)21-6-5-7-21/h8-9,18,21H,4-7,10-17H2,1-3H3,(H2,25,26,27). The van der Waals surface area contributed by atoms with Crippen molar-refractivity contribution in [1.29, 1.82) is 0 Å². The number of hydrogen-bond donors (Lipinski definition) is 2. The predicted molar refractivity (Wildman–Crippen MR) is 126 cm³/mol. The highest BCUT2D eigenvalue weighted by atomic mass is 16.5. The summed E-state index contributed by atoms with van der Waals surface area (Å²) in [6.45, 7) is 11.1. The SMILES string of the molecule is CCNC(=NCCN1CCN(C(=O)C2CCC2)CC1)NCCc1ccc(C)c(OC)c1. The van der Waals surface area contributed by atoms with Gasteiger partial charge in [-0.1, -0.05) is 18.6 Å². The lowest BCUT2D eigenvalue weighted by atomic mass is 9.84. The number of carbonyl (C=O) groups is 1. The molecule has 0 bridgehead atoms. The number of methoxy groups -OCH3 is 1. The third-order valence-electron chi connectivity index (χ3n) is 6.35. The second kappa shape index (κ2) is 11.9. The summed E-state index contributed by atoms with van der Waals surface area (Å²) in [6.07, 6.45) is 4.31. The smallest absolute Gasteiger partial charge is 0.225 e. The molecule has 2 aliphatic rings. The highest BCUT2D eigenvalue weighted by Gasteiger charge is 2.30.